The first-order valence-electron chi connectivity index (χ1n) is 6.25. The molecule has 0 spiro atoms. The van der Waals surface area contributed by atoms with Crippen molar-refractivity contribution in [2.75, 3.05) is 6.61 Å². The van der Waals surface area contributed by atoms with Crippen LogP contribution in [-0.4, -0.2) is 18.4 Å². The molecule has 0 atom stereocenters. The lowest BCUT2D eigenvalue weighted by atomic mass is 9.75. The van der Waals surface area contributed by atoms with Gasteiger partial charge in [-0.2, -0.15) is 0 Å². The average Bonchev–Trinajstić information content (AvgIpc) is 2.34. The van der Waals surface area contributed by atoms with Gasteiger partial charge in [0.15, 0.2) is 5.78 Å². The van der Waals surface area contributed by atoms with Crippen molar-refractivity contribution in [1.82, 2.24) is 0 Å². The van der Waals surface area contributed by atoms with Gasteiger partial charge in [0.05, 0.1) is 12.2 Å². The van der Waals surface area contributed by atoms with E-state index in [-0.39, 0.29) is 18.0 Å². The molecule has 5 heteroatoms. The number of carbonyl (C=O) groups excluding carboxylic acids is 2. The van der Waals surface area contributed by atoms with Crippen LogP contribution in [0.5, 0.6) is 0 Å². The summed E-state index contributed by atoms with van der Waals surface area (Å²) < 4.78 is 9.86. The molecule has 1 heterocycles. The normalized spacial score (nSPS) is 16.9. The standard InChI is InChI=1S/C14H16O5/c1-4-18-12(16)9-7-8-10(19-13(9)17)5-6-14(2,3)11(8)15/h7H,4-6H2,1-3H3. The highest BCUT2D eigenvalue weighted by Crippen LogP contribution is 2.34. The van der Waals surface area contributed by atoms with E-state index in [1.54, 1.807) is 6.92 Å². The van der Waals surface area contributed by atoms with Gasteiger partial charge in [0.2, 0.25) is 0 Å². The summed E-state index contributed by atoms with van der Waals surface area (Å²) >= 11 is 0. The van der Waals surface area contributed by atoms with Gasteiger partial charge >= 0.3 is 11.6 Å². The Balaban J connectivity index is 2.53. The van der Waals surface area contributed by atoms with Crippen LogP contribution in [0.15, 0.2) is 15.3 Å². The summed E-state index contributed by atoms with van der Waals surface area (Å²) in [5, 5.41) is 0. The Bertz CT molecular complexity index is 594. The maximum Gasteiger partial charge on any atom is 0.350 e. The summed E-state index contributed by atoms with van der Waals surface area (Å²) in [6.45, 7) is 5.49. The van der Waals surface area contributed by atoms with E-state index >= 15 is 0 Å². The first-order valence-corrected chi connectivity index (χ1v) is 6.25. The minimum absolute atomic E-state index is 0.108. The predicted molar refractivity (Wildman–Crippen MR) is 67.4 cm³/mol. The van der Waals surface area contributed by atoms with Gasteiger partial charge < -0.3 is 9.15 Å². The molecular weight excluding hydrogens is 248 g/mol. The van der Waals surface area contributed by atoms with Crippen molar-refractivity contribution >= 4 is 11.8 Å². The number of Topliss-reactive ketones (excluding diaryl/α,β-unsaturated/α-hetero) is 1. The monoisotopic (exact) mass is 264 g/mol. The molecule has 0 N–H and O–H groups in total. The smallest absolute Gasteiger partial charge is 0.350 e. The van der Waals surface area contributed by atoms with Crippen molar-refractivity contribution < 1.29 is 18.7 Å². The van der Waals surface area contributed by atoms with E-state index in [1.165, 1.54) is 6.07 Å². The Hall–Kier alpha value is -1.91. The molecule has 1 aliphatic carbocycles. The minimum atomic E-state index is -0.754. The molecule has 0 fully saturated rings. The molecule has 0 radical (unpaired) electrons. The molecule has 0 amide bonds. The molecule has 0 saturated heterocycles. The zero-order chi connectivity index (χ0) is 14.2. The highest BCUT2D eigenvalue weighted by Gasteiger charge is 2.36. The van der Waals surface area contributed by atoms with Crippen molar-refractivity contribution in [3.05, 3.63) is 33.4 Å². The summed E-state index contributed by atoms with van der Waals surface area (Å²) in [5.41, 5.74) is -1.14. The van der Waals surface area contributed by atoms with Crippen LogP contribution in [0.25, 0.3) is 0 Å². The number of ketones is 1. The second-order valence-corrected chi connectivity index (χ2v) is 5.22. The second-order valence-electron chi connectivity index (χ2n) is 5.22. The molecule has 1 aliphatic rings. The van der Waals surface area contributed by atoms with Crippen LogP contribution in [0.4, 0.5) is 0 Å². The fourth-order valence-corrected chi connectivity index (χ4v) is 2.14. The second kappa shape index (κ2) is 4.64. The number of aryl methyl sites for hydroxylation is 1. The van der Waals surface area contributed by atoms with Gasteiger partial charge in [0.1, 0.15) is 11.3 Å². The molecule has 19 heavy (non-hydrogen) atoms. The van der Waals surface area contributed by atoms with Gasteiger partial charge in [-0.15, -0.1) is 0 Å². The number of fused-ring (bicyclic) bond motifs is 1. The van der Waals surface area contributed by atoms with Gasteiger partial charge in [0, 0.05) is 11.8 Å². The molecular formula is C14H16O5. The van der Waals surface area contributed by atoms with Crippen molar-refractivity contribution in [2.45, 2.75) is 33.6 Å². The van der Waals surface area contributed by atoms with Crippen LogP contribution in [0.2, 0.25) is 0 Å². The summed E-state index contributed by atoms with van der Waals surface area (Å²) in [6, 6.07) is 1.31. The summed E-state index contributed by atoms with van der Waals surface area (Å²) in [7, 11) is 0. The van der Waals surface area contributed by atoms with Crippen LogP contribution in [0, 0.1) is 5.41 Å². The van der Waals surface area contributed by atoms with Crippen LogP contribution in [-0.2, 0) is 11.2 Å². The number of rotatable bonds is 2. The van der Waals surface area contributed by atoms with Gasteiger partial charge in [0.25, 0.3) is 0 Å². The van der Waals surface area contributed by atoms with Crippen LogP contribution >= 0.6 is 0 Å². The number of carbonyl (C=O) groups is 2. The van der Waals surface area contributed by atoms with E-state index in [1.807, 2.05) is 13.8 Å². The minimum Gasteiger partial charge on any atom is -0.462 e. The molecule has 0 aliphatic heterocycles. The van der Waals surface area contributed by atoms with Crippen molar-refractivity contribution in [2.24, 2.45) is 5.41 Å². The SMILES string of the molecule is CCOC(=O)c1cc2c(oc1=O)CCC(C)(C)C2=O. The first kappa shape index (κ1) is 13.5. The van der Waals surface area contributed by atoms with Crippen LogP contribution in [0.1, 0.15) is 53.7 Å². The highest BCUT2D eigenvalue weighted by molar-refractivity contribution is 6.03. The van der Waals surface area contributed by atoms with E-state index in [9.17, 15) is 14.4 Å². The van der Waals surface area contributed by atoms with Gasteiger partial charge in [-0.05, 0) is 19.4 Å². The third-order valence-corrected chi connectivity index (χ3v) is 3.36. The van der Waals surface area contributed by atoms with Crippen molar-refractivity contribution in [3.8, 4) is 0 Å². The van der Waals surface area contributed by atoms with Crippen molar-refractivity contribution in [3.63, 3.8) is 0 Å². The topological polar surface area (TPSA) is 73.6 Å². The summed E-state index contributed by atoms with van der Waals surface area (Å²) in [5.74, 6) is -0.499. The number of esters is 1. The maximum absolute atomic E-state index is 12.3. The van der Waals surface area contributed by atoms with Gasteiger partial charge in [-0.3, -0.25) is 4.79 Å². The Labute approximate surface area is 110 Å². The molecule has 0 saturated carbocycles. The first-order chi connectivity index (χ1) is 8.86. The van der Waals surface area contributed by atoms with E-state index in [2.05, 4.69) is 0 Å². The fraction of sp³-hybridized carbons (Fsp3) is 0.500. The fourth-order valence-electron chi connectivity index (χ4n) is 2.14. The average molecular weight is 264 g/mol. The van der Waals surface area contributed by atoms with Gasteiger partial charge in [-0.1, -0.05) is 13.8 Å². The molecule has 0 aromatic carbocycles. The molecule has 0 unspecified atom stereocenters. The number of hydrogen-bond acceptors (Lipinski definition) is 5. The Morgan fingerprint density at radius 2 is 2.11 bits per heavy atom. The lowest BCUT2D eigenvalue weighted by Gasteiger charge is -2.28. The van der Waals surface area contributed by atoms with E-state index in [0.29, 0.717) is 24.2 Å². The molecule has 5 nitrogen and oxygen atoms in total. The van der Waals surface area contributed by atoms with E-state index < -0.39 is 17.0 Å². The zero-order valence-corrected chi connectivity index (χ0v) is 11.2. The highest BCUT2D eigenvalue weighted by atomic mass is 16.5. The Kier molecular flexibility index (Phi) is 3.30. The predicted octanol–water partition coefficient (Wildman–Crippen LogP) is 1.97. The molecule has 1 aromatic heterocycles. The van der Waals surface area contributed by atoms with Crippen LogP contribution in [0.3, 0.4) is 0 Å². The molecule has 102 valence electrons. The molecule has 0 bridgehead atoms. The van der Waals surface area contributed by atoms with Crippen LogP contribution < -0.4 is 5.63 Å². The quantitative estimate of drug-likeness (QED) is 0.763. The largest absolute Gasteiger partial charge is 0.462 e. The molecule has 2 rings (SSSR count). The summed E-state index contributed by atoms with van der Waals surface area (Å²) in [4.78, 5) is 35.6. The van der Waals surface area contributed by atoms with Gasteiger partial charge in [-0.25, -0.2) is 9.59 Å². The lowest BCUT2D eigenvalue weighted by Crippen LogP contribution is -2.32. The Morgan fingerprint density at radius 1 is 1.42 bits per heavy atom. The summed E-state index contributed by atoms with van der Waals surface area (Å²) in [6.07, 6.45) is 1.15. The lowest BCUT2D eigenvalue weighted by molar-refractivity contribution is 0.0520. The third kappa shape index (κ3) is 2.32. The Morgan fingerprint density at radius 3 is 2.74 bits per heavy atom. The number of ether oxygens (including phenoxy) is 1. The third-order valence-electron chi connectivity index (χ3n) is 3.36. The van der Waals surface area contributed by atoms with E-state index in [4.69, 9.17) is 9.15 Å². The zero-order valence-electron chi connectivity index (χ0n) is 11.2. The maximum atomic E-state index is 12.3. The number of hydrogen-bond donors (Lipinski definition) is 0. The van der Waals surface area contributed by atoms with E-state index in [0.717, 1.165) is 0 Å². The van der Waals surface area contributed by atoms with Crippen molar-refractivity contribution in [1.29, 1.82) is 0 Å². The molecule has 1 aromatic rings.